The number of benzene rings is 1. The van der Waals surface area contributed by atoms with Crippen molar-refractivity contribution in [3.63, 3.8) is 0 Å². The fraction of sp³-hybridized carbons (Fsp3) is 0.500. The predicted octanol–water partition coefficient (Wildman–Crippen LogP) is 4.31. The molecule has 0 saturated heterocycles. The van der Waals surface area contributed by atoms with E-state index < -0.39 is 6.09 Å². The maximum absolute atomic E-state index is 10.6. The number of carboxylic acid groups (broad SMARTS) is 1. The van der Waals surface area contributed by atoms with E-state index in [0.717, 1.165) is 11.3 Å². The Morgan fingerprint density at radius 1 is 1.24 bits per heavy atom. The van der Waals surface area contributed by atoms with E-state index in [1.165, 1.54) is 31.2 Å². The van der Waals surface area contributed by atoms with Gasteiger partial charge in [-0.05, 0) is 18.6 Å². The van der Waals surface area contributed by atoms with Gasteiger partial charge in [0.05, 0.1) is 0 Å². The first kappa shape index (κ1) is 15.5. The lowest BCUT2D eigenvalue weighted by Gasteiger charge is -2.14. The zero-order valence-electron chi connectivity index (χ0n) is 11.2. The van der Waals surface area contributed by atoms with E-state index in [1.807, 2.05) is 25.1 Å². The van der Waals surface area contributed by atoms with E-state index in [2.05, 4.69) is 13.8 Å². The molecule has 0 heterocycles. The van der Waals surface area contributed by atoms with Gasteiger partial charge in [0.1, 0.15) is 0 Å². The highest BCUT2D eigenvalue weighted by Crippen LogP contribution is 2.17. The van der Waals surface area contributed by atoms with Gasteiger partial charge in [-0.25, -0.2) is 4.79 Å². The molecule has 3 nitrogen and oxygen atoms in total. The van der Waals surface area contributed by atoms with Crippen LogP contribution in [0.1, 0.15) is 38.7 Å². The van der Waals surface area contributed by atoms with E-state index in [1.54, 1.807) is 6.07 Å². The van der Waals surface area contributed by atoms with E-state index in [0.29, 0.717) is 0 Å². The van der Waals surface area contributed by atoms with Crippen LogP contribution in [0, 0.1) is 6.92 Å². The molecule has 0 spiro atoms. The summed E-state index contributed by atoms with van der Waals surface area (Å²) in [6.07, 6.45) is 3.14. The molecule has 1 aromatic carbocycles. The van der Waals surface area contributed by atoms with Crippen molar-refractivity contribution < 1.29 is 9.90 Å². The number of anilines is 1. The number of hydrogen-bond donors (Lipinski definition) is 1. The minimum Gasteiger partial charge on any atom is -0.465 e. The summed E-state index contributed by atoms with van der Waals surface area (Å²) in [4.78, 5) is 11.8. The number of unbranched alkanes of at least 4 members (excludes halogenated alkanes) is 2. The first-order valence-electron chi connectivity index (χ1n) is 6.06. The lowest BCUT2D eigenvalue weighted by Crippen LogP contribution is -2.24. The Bertz CT molecular complexity index is 335. The largest absolute Gasteiger partial charge is 0.465 e. The van der Waals surface area contributed by atoms with Gasteiger partial charge >= 0.3 is 6.09 Å². The Kier molecular flexibility index (Phi) is 7.85. The van der Waals surface area contributed by atoms with Gasteiger partial charge in [0, 0.05) is 12.7 Å². The highest BCUT2D eigenvalue weighted by atomic mass is 16.4. The molecule has 0 aliphatic carbocycles. The van der Waals surface area contributed by atoms with Gasteiger partial charge in [0.2, 0.25) is 0 Å². The number of rotatable bonds is 3. The second-order valence-electron chi connectivity index (χ2n) is 3.98. The number of aryl methyl sites for hydroxylation is 1. The number of carbonyl (C=O) groups is 1. The van der Waals surface area contributed by atoms with E-state index >= 15 is 0 Å². The second-order valence-corrected chi connectivity index (χ2v) is 3.98. The molecule has 1 amide bonds. The molecule has 0 saturated carbocycles. The fourth-order valence-electron chi connectivity index (χ4n) is 1.40. The average molecular weight is 237 g/mol. The highest BCUT2D eigenvalue weighted by molar-refractivity contribution is 5.86. The molecule has 1 N–H and O–H groups in total. The SMILES string of the molecule is CCCCC.Cc1ccccc1N(C)C(=O)O. The Morgan fingerprint density at radius 3 is 2.12 bits per heavy atom. The molecule has 0 bridgehead atoms. The molecule has 0 atom stereocenters. The van der Waals surface area contributed by atoms with Crippen LogP contribution in [0.25, 0.3) is 0 Å². The molecule has 3 heteroatoms. The molecule has 1 rings (SSSR count). The van der Waals surface area contributed by atoms with Crippen molar-refractivity contribution >= 4 is 11.8 Å². The number of para-hydroxylation sites is 1. The van der Waals surface area contributed by atoms with Crippen LogP contribution in [-0.4, -0.2) is 18.2 Å². The lowest BCUT2D eigenvalue weighted by atomic mass is 10.2. The van der Waals surface area contributed by atoms with Crippen molar-refractivity contribution in [3.8, 4) is 0 Å². The standard InChI is InChI=1S/C9H11NO2.C5H12/c1-7-5-3-4-6-8(7)10(2)9(11)12;1-3-5-4-2/h3-6H,1-2H3,(H,11,12);3-5H2,1-2H3. The summed E-state index contributed by atoms with van der Waals surface area (Å²) < 4.78 is 0. The van der Waals surface area contributed by atoms with Crippen molar-refractivity contribution in [1.82, 2.24) is 0 Å². The summed E-state index contributed by atoms with van der Waals surface area (Å²) >= 11 is 0. The van der Waals surface area contributed by atoms with Crippen LogP contribution in [0.15, 0.2) is 24.3 Å². The first-order valence-corrected chi connectivity index (χ1v) is 6.06. The van der Waals surface area contributed by atoms with Crippen molar-refractivity contribution in [2.24, 2.45) is 0 Å². The molecule has 0 unspecified atom stereocenters. The van der Waals surface area contributed by atoms with Gasteiger partial charge in [-0.2, -0.15) is 0 Å². The Balaban J connectivity index is 0.000000437. The van der Waals surface area contributed by atoms with Crippen LogP contribution in [0.5, 0.6) is 0 Å². The van der Waals surface area contributed by atoms with Gasteiger partial charge in [0.15, 0.2) is 0 Å². The summed E-state index contributed by atoms with van der Waals surface area (Å²) in [5.41, 5.74) is 1.69. The summed E-state index contributed by atoms with van der Waals surface area (Å²) in [6.45, 7) is 6.31. The maximum Gasteiger partial charge on any atom is 0.411 e. The minimum atomic E-state index is -0.940. The van der Waals surface area contributed by atoms with Crippen molar-refractivity contribution in [3.05, 3.63) is 29.8 Å². The number of amides is 1. The minimum absolute atomic E-state index is 0.727. The predicted molar refractivity (Wildman–Crippen MR) is 72.8 cm³/mol. The van der Waals surface area contributed by atoms with Crippen LogP contribution in [0.4, 0.5) is 10.5 Å². The van der Waals surface area contributed by atoms with Crippen LogP contribution in [0.3, 0.4) is 0 Å². The molecule has 17 heavy (non-hydrogen) atoms. The molecular weight excluding hydrogens is 214 g/mol. The normalized spacial score (nSPS) is 9.18. The summed E-state index contributed by atoms with van der Waals surface area (Å²) in [7, 11) is 1.53. The molecule has 0 radical (unpaired) electrons. The maximum atomic E-state index is 10.6. The monoisotopic (exact) mass is 237 g/mol. The first-order chi connectivity index (χ1) is 8.04. The summed E-state index contributed by atoms with van der Waals surface area (Å²) in [6, 6.07) is 7.37. The topological polar surface area (TPSA) is 40.5 Å². The molecule has 1 aromatic rings. The van der Waals surface area contributed by atoms with Crippen LogP contribution < -0.4 is 4.90 Å². The zero-order chi connectivity index (χ0) is 13.3. The summed E-state index contributed by atoms with van der Waals surface area (Å²) in [5.74, 6) is 0. The highest BCUT2D eigenvalue weighted by Gasteiger charge is 2.09. The third-order valence-electron chi connectivity index (χ3n) is 2.47. The van der Waals surface area contributed by atoms with Gasteiger partial charge in [0.25, 0.3) is 0 Å². The van der Waals surface area contributed by atoms with Gasteiger partial charge in [-0.1, -0.05) is 51.3 Å². The zero-order valence-corrected chi connectivity index (χ0v) is 11.2. The van der Waals surface area contributed by atoms with Crippen LogP contribution in [0.2, 0.25) is 0 Å². The summed E-state index contributed by atoms with van der Waals surface area (Å²) in [5, 5.41) is 8.69. The average Bonchev–Trinajstić information content (AvgIpc) is 2.30. The molecule has 0 aromatic heterocycles. The van der Waals surface area contributed by atoms with Crippen molar-refractivity contribution in [2.75, 3.05) is 11.9 Å². The number of nitrogens with zero attached hydrogens (tertiary/aromatic N) is 1. The Labute approximate surface area is 104 Å². The molecule has 96 valence electrons. The van der Waals surface area contributed by atoms with Gasteiger partial charge in [-0.3, -0.25) is 4.90 Å². The second kappa shape index (κ2) is 8.62. The third-order valence-corrected chi connectivity index (χ3v) is 2.47. The molecule has 0 fully saturated rings. The lowest BCUT2D eigenvalue weighted by molar-refractivity contribution is 0.203. The van der Waals surface area contributed by atoms with E-state index in [4.69, 9.17) is 5.11 Å². The fourth-order valence-corrected chi connectivity index (χ4v) is 1.40. The van der Waals surface area contributed by atoms with Crippen molar-refractivity contribution in [2.45, 2.75) is 40.0 Å². The molecule has 0 aliphatic heterocycles. The Morgan fingerprint density at radius 2 is 1.76 bits per heavy atom. The number of hydrogen-bond acceptors (Lipinski definition) is 1. The van der Waals surface area contributed by atoms with E-state index in [9.17, 15) is 4.79 Å². The molecular formula is C14H23NO2. The third kappa shape index (κ3) is 5.95. The van der Waals surface area contributed by atoms with Crippen LogP contribution in [-0.2, 0) is 0 Å². The van der Waals surface area contributed by atoms with Crippen molar-refractivity contribution in [1.29, 1.82) is 0 Å². The molecule has 0 aliphatic rings. The van der Waals surface area contributed by atoms with E-state index in [-0.39, 0.29) is 0 Å². The van der Waals surface area contributed by atoms with Gasteiger partial charge < -0.3 is 5.11 Å². The Hall–Kier alpha value is -1.51. The quantitative estimate of drug-likeness (QED) is 0.851. The van der Waals surface area contributed by atoms with Gasteiger partial charge in [-0.15, -0.1) is 0 Å². The van der Waals surface area contributed by atoms with Crippen LogP contribution >= 0.6 is 0 Å². The smallest absolute Gasteiger partial charge is 0.411 e.